The second-order valence-electron chi connectivity index (χ2n) is 6.30. The molecule has 0 saturated carbocycles. The lowest BCUT2D eigenvalue weighted by Gasteiger charge is -2.32. The molecule has 0 atom stereocenters. The highest BCUT2D eigenvalue weighted by Crippen LogP contribution is 2.39. The average Bonchev–Trinajstić information content (AvgIpc) is 2.65. The van der Waals surface area contributed by atoms with Gasteiger partial charge in [0.1, 0.15) is 0 Å². The fourth-order valence-corrected chi connectivity index (χ4v) is 2.93. The van der Waals surface area contributed by atoms with Gasteiger partial charge in [0.15, 0.2) is 0 Å². The Balaban J connectivity index is 2.31. The summed E-state index contributed by atoms with van der Waals surface area (Å²) in [7, 11) is -0.337. The fourth-order valence-electron chi connectivity index (χ4n) is 2.18. The Morgan fingerprint density at radius 1 is 1.19 bits per heavy atom. The van der Waals surface area contributed by atoms with E-state index in [2.05, 4.69) is 74.5 Å². The van der Waals surface area contributed by atoms with Gasteiger partial charge in [-0.2, -0.15) is 12.6 Å². The van der Waals surface area contributed by atoms with E-state index >= 15 is 0 Å². The molecule has 1 fully saturated rings. The molecular weight excluding hydrogens is 347 g/mol. The number of benzene rings is 1. The Kier molecular flexibility index (Phi) is 5.29. The Bertz CT molecular complexity index is 527. The molecule has 1 heterocycles. The smallest absolute Gasteiger partial charge is 0.400 e. The summed E-state index contributed by atoms with van der Waals surface area (Å²) < 4.78 is 12.2. The molecule has 0 unspecified atom stereocenters. The van der Waals surface area contributed by atoms with Crippen molar-refractivity contribution in [2.45, 2.75) is 44.2 Å². The van der Waals surface area contributed by atoms with Crippen molar-refractivity contribution >= 4 is 41.8 Å². The first-order valence-corrected chi connectivity index (χ1v) is 8.87. The van der Waals surface area contributed by atoms with Crippen LogP contribution in [0.5, 0.6) is 0 Å². The largest absolute Gasteiger partial charge is 0.491 e. The van der Waals surface area contributed by atoms with Gasteiger partial charge in [-0.25, -0.2) is 0 Å². The van der Waals surface area contributed by atoms with Gasteiger partial charge in [0.25, 0.3) is 0 Å². The topological polar surface area (TPSA) is 18.5 Å². The van der Waals surface area contributed by atoms with Crippen LogP contribution in [-0.2, 0) is 14.6 Å². The molecule has 0 bridgehead atoms. The molecule has 1 aromatic carbocycles. The molecule has 0 spiro atoms. The molecule has 21 heavy (non-hydrogen) atoms. The van der Waals surface area contributed by atoms with Gasteiger partial charge in [0.05, 0.1) is 11.2 Å². The molecule has 1 aromatic rings. The van der Waals surface area contributed by atoms with E-state index < -0.39 is 0 Å². The number of alkyl halides is 1. The van der Waals surface area contributed by atoms with Crippen molar-refractivity contribution in [3.63, 3.8) is 0 Å². The third-order valence-corrected chi connectivity index (χ3v) is 5.25. The summed E-state index contributed by atoms with van der Waals surface area (Å²) >= 11 is 7.99. The zero-order valence-electron chi connectivity index (χ0n) is 13.0. The molecule has 1 aliphatic rings. The SMILES string of the molecule is CC1(C)OB(C(=Cc2ccccc2CBr)CS)OC1(C)C. The highest BCUT2D eigenvalue weighted by Gasteiger charge is 2.52. The van der Waals surface area contributed by atoms with Crippen LogP contribution < -0.4 is 0 Å². The van der Waals surface area contributed by atoms with Crippen LogP contribution in [0.15, 0.2) is 29.7 Å². The lowest BCUT2D eigenvalue weighted by Crippen LogP contribution is -2.41. The standard InChI is InChI=1S/C16H22BBrO2S/c1-15(2)16(3,4)20-17(19-15)14(11-21)9-12-7-5-6-8-13(12)10-18/h5-9,21H,10-11H2,1-4H3. The minimum Gasteiger partial charge on any atom is -0.400 e. The Morgan fingerprint density at radius 2 is 1.76 bits per heavy atom. The molecular formula is C16H22BBrO2S. The number of rotatable bonds is 4. The third kappa shape index (κ3) is 3.58. The highest BCUT2D eigenvalue weighted by molar-refractivity contribution is 9.08. The van der Waals surface area contributed by atoms with Crippen molar-refractivity contribution in [1.29, 1.82) is 0 Å². The maximum Gasteiger partial charge on any atom is 0.491 e. The lowest BCUT2D eigenvalue weighted by atomic mass is 9.78. The lowest BCUT2D eigenvalue weighted by molar-refractivity contribution is 0.00578. The molecule has 1 saturated heterocycles. The van der Waals surface area contributed by atoms with Crippen molar-refractivity contribution < 1.29 is 9.31 Å². The zero-order chi connectivity index (χ0) is 15.7. The maximum atomic E-state index is 6.11. The molecule has 0 radical (unpaired) electrons. The van der Waals surface area contributed by atoms with E-state index in [1.807, 2.05) is 12.1 Å². The zero-order valence-corrected chi connectivity index (χ0v) is 15.5. The fraction of sp³-hybridized carbons (Fsp3) is 0.500. The van der Waals surface area contributed by atoms with E-state index in [4.69, 9.17) is 9.31 Å². The Morgan fingerprint density at radius 3 is 2.29 bits per heavy atom. The summed E-state index contributed by atoms with van der Waals surface area (Å²) in [5, 5.41) is 0.822. The second-order valence-corrected chi connectivity index (χ2v) is 7.18. The first kappa shape index (κ1) is 17.1. The van der Waals surface area contributed by atoms with Crippen LogP contribution in [0.3, 0.4) is 0 Å². The van der Waals surface area contributed by atoms with E-state index in [1.165, 1.54) is 11.1 Å². The summed E-state index contributed by atoms with van der Waals surface area (Å²) in [5.41, 5.74) is 2.82. The van der Waals surface area contributed by atoms with Gasteiger partial charge in [-0.3, -0.25) is 0 Å². The van der Waals surface area contributed by atoms with E-state index in [1.54, 1.807) is 0 Å². The van der Waals surface area contributed by atoms with Gasteiger partial charge in [-0.15, -0.1) is 0 Å². The molecule has 114 valence electrons. The van der Waals surface area contributed by atoms with E-state index in [9.17, 15) is 0 Å². The van der Waals surface area contributed by atoms with Gasteiger partial charge >= 0.3 is 7.12 Å². The Labute approximate surface area is 142 Å². The molecule has 1 aliphatic heterocycles. The molecule has 0 aromatic heterocycles. The van der Waals surface area contributed by atoms with Crippen LogP contribution in [0.1, 0.15) is 38.8 Å². The monoisotopic (exact) mass is 368 g/mol. The maximum absolute atomic E-state index is 6.11. The van der Waals surface area contributed by atoms with Crippen molar-refractivity contribution in [2.24, 2.45) is 0 Å². The Hall–Kier alpha value is -0.225. The summed E-state index contributed by atoms with van der Waals surface area (Å²) in [5.74, 6) is 0.605. The van der Waals surface area contributed by atoms with E-state index in [0.717, 1.165) is 10.8 Å². The molecule has 0 N–H and O–H groups in total. The minimum absolute atomic E-state index is 0.325. The van der Waals surface area contributed by atoms with Crippen LogP contribution in [0, 0.1) is 0 Å². The van der Waals surface area contributed by atoms with Crippen LogP contribution in [0.25, 0.3) is 6.08 Å². The molecule has 5 heteroatoms. The molecule has 0 amide bonds. The number of halogens is 1. The second kappa shape index (κ2) is 6.49. The predicted molar refractivity (Wildman–Crippen MR) is 97.0 cm³/mol. The minimum atomic E-state index is -0.337. The summed E-state index contributed by atoms with van der Waals surface area (Å²) in [6.45, 7) is 8.26. The molecule has 2 nitrogen and oxygen atoms in total. The number of thiol groups is 1. The van der Waals surface area contributed by atoms with Crippen LogP contribution in [0.4, 0.5) is 0 Å². The summed E-state index contributed by atoms with van der Waals surface area (Å²) in [4.78, 5) is 0. The van der Waals surface area contributed by atoms with Gasteiger partial charge in [-0.05, 0) is 44.3 Å². The number of hydrogen-bond donors (Lipinski definition) is 1. The van der Waals surface area contributed by atoms with Crippen LogP contribution in [-0.4, -0.2) is 24.1 Å². The van der Waals surface area contributed by atoms with Crippen molar-refractivity contribution in [3.05, 3.63) is 40.9 Å². The highest BCUT2D eigenvalue weighted by atomic mass is 79.9. The van der Waals surface area contributed by atoms with Crippen molar-refractivity contribution in [1.82, 2.24) is 0 Å². The first-order chi connectivity index (χ1) is 9.80. The quantitative estimate of drug-likeness (QED) is 0.478. The van der Waals surface area contributed by atoms with Crippen LogP contribution in [0.2, 0.25) is 0 Å². The summed E-state index contributed by atoms with van der Waals surface area (Å²) in [6.07, 6.45) is 2.13. The van der Waals surface area contributed by atoms with Gasteiger partial charge in [0.2, 0.25) is 0 Å². The third-order valence-electron chi connectivity index (χ3n) is 4.28. The normalized spacial score (nSPS) is 20.9. The van der Waals surface area contributed by atoms with Gasteiger partial charge in [-0.1, -0.05) is 46.3 Å². The number of hydrogen-bond acceptors (Lipinski definition) is 3. The molecule has 2 rings (SSSR count). The van der Waals surface area contributed by atoms with E-state index in [0.29, 0.717) is 5.75 Å². The van der Waals surface area contributed by atoms with Gasteiger partial charge in [0, 0.05) is 11.1 Å². The van der Waals surface area contributed by atoms with Crippen molar-refractivity contribution in [2.75, 3.05) is 5.75 Å². The van der Waals surface area contributed by atoms with E-state index in [-0.39, 0.29) is 18.3 Å². The summed E-state index contributed by atoms with van der Waals surface area (Å²) in [6, 6.07) is 8.30. The molecule has 0 aliphatic carbocycles. The van der Waals surface area contributed by atoms with Crippen LogP contribution >= 0.6 is 28.6 Å². The predicted octanol–water partition coefficient (Wildman–Crippen LogP) is 4.53. The average molecular weight is 369 g/mol. The van der Waals surface area contributed by atoms with Crippen molar-refractivity contribution in [3.8, 4) is 0 Å². The van der Waals surface area contributed by atoms with Gasteiger partial charge < -0.3 is 9.31 Å². The first-order valence-electron chi connectivity index (χ1n) is 7.11.